The van der Waals surface area contributed by atoms with Crippen LogP contribution >= 0.6 is 0 Å². The van der Waals surface area contributed by atoms with Crippen LogP contribution in [0.5, 0.6) is 0 Å². The fourth-order valence-corrected chi connectivity index (χ4v) is 3.24. The number of hydrogen-bond donors (Lipinski definition) is 2. The fraction of sp³-hybridized carbons (Fsp3) is 0.143. The number of rotatable bonds is 4. The van der Waals surface area contributed by atoms with Gasteiger partial charge in [0.1, 0.15) is 11.9 Å². The van der Waals surface area contributed by atoms with E-state index in [2.05, 4.69) is 15.7 Å². The van der Waals surface area contributed by atoms with E-state index in [1.807, 2.05) is 30.3 Å². The molecule has 0 saturated carbocycles. The van der Waals surface area contributed by atoms with Crippen molar-refractivity contribution in [2.45, 2.75) is 19.4 Å². The first-order valence-electron chi connectivity index (χ1n) is 8.87. The molecule has 0 aliphatic carbocycles. The highest BCUT2D eigenvalue weighted by molar-refractivity contribution is 6.03. The summed E-state index contributed by atoms with van der Waals surface area (Å²) >= 11 is 0. The molecule has 1 atom stereocenters. The van der Waals surface area contributed by atoms with Crippen molar-refractivity contribution in [2.75, 3.05) is 10.6 Å². The minimum atomic E-state index is -0.776. The number of fused-ring (bicyclic) bond motifs is 1. The summed E-state index contributed by atoms with van der Waals surface area (Å²) in [4.78, 5) is 36.7. The Labute approximate surface area is 161 Å². The summed E-state index contributed by atoms with van der Waals surface area (Å²) in [5.41, 5.74) is 2.66. The van der Waals surface area contributed by atoms with Crippen LogP contribution in [0.3, 0.4) is 0 Å². The smallest absolute Gasteiger partial charge is 0.249 e. The van der Waals surface area contributed by atoms with Crippen LogP contribution in [-0.4, -0.2) is 27.4 Å². The molecule has 2 N–H and O–H groups in total. The maximum absolute atomic E-state index is 12.9. The van der Waals surface area contributed by atoms with Crippen LogP contribution in [0.25, 0.3) is 11.1 Å². The molecule has 7 heteroatoms. The maximum Gasteiger partial charge on any atom is 0.249 e. The average molecular weight is 374 g/mol. The van der Waals surface area contributed by atoms with E-state index in [4.69, 9.17) is 0 Å². The lowest BCUT2D eigenvalue weighted by atomic mass is 10.1. The monoisotopic (exact) mass is 374 g/mol. The van der Waals surface area contributed by atoms with Crippen LogP contribution in [0.1, 0.15) is 29.7 Å². The molecular weight excluding hydrogens is 356 g/mol. The average Bonchev–Trinajstić information content (AvgIpc) is 3.11. The molecule has 1 aromatic heterocycles. The van der Waals surface area contributed by atoms with Crippen molar-refractivity contribution in [3.8, 4) is 11.1 Å². The predicted octanol–water partition coefficient (Wildman–Crippen LogP) is 3.27. The van der Waals surface area contributed by atoms with Gasteiger partial charge >= 0.3 is 0 Å². The molecular formula is C21H18N4O3. The highest BCUT2D eigenvalue weighted by Gasteiger charge is 2.33. The van der Waals surface area contributed by atoms with Gasteiger partial charge in [-0.05, 0) is 24.6 Å². The van der Waals surface area contributed by atoms with Gasteiger partial charge in [0, 0.05) is 16.8 Å². The first-order valence-corrected chi connectivity index (χ1v) is 8.87. The second-order valence-electron chi connectivity index (χ2n) is 6.61. The third kappa shape index (κ3) is 3.29. The molecule has 2 amide bonds. The van der Waals surface area contributed by atoms with Crippen molar-refractivity contribution < 1.29 is 14.4 Å². The highest BCUT2D eigenvalue weighted by atomic mass is 16.2. The van der Waals surface area contributed by atoms with Crippen molar-refractivity contribution in [3.63, 3.8) is 0 Å². The Morgan fingerprint density at radius 3 is 2.68 bits per heavy atom. The number of aromatic nitrogens is 2. The summed E-state index contributed by atoms with van der Waals surface area (Å²) in [5, 5.41) is 9.95. The highest BCUT2D eigenvalue weighted by Crippen LogP contribution is 2.34. The summed E-state index contributed by atoms with van der Waals surface area (Å²) in [6.45, 7) is 1.47. The van der Waals surface area contributed by atoms with Gasteiger partial charge < -0.3 is 10.6 Å². The Balaban J connectivity index is 1.64. The Kier molecular flexibility index (Phi) is 4.49. The van der Waals surface area contributed by atoms with E-state index in [-0.39, 0.29) is 24.0 Å². The van der Waals surface area contributed by atoms with Gasteiger partial charge in [-0.25, -0.2) is 4.68 Å². The summed E-state index contributed by atoms with van der Waals surface area (Å²) in [6.07, 6.45) is 1.63. The molecule has 2 heterocycles. The molecule has 3 aromatic rings. The zero-order chi connectivity index (χ0) is 19.7. The third-order valence-electron chi connectivity index (χ3n) is 4.65. The van der Waals surface area contributed by atoms with Crippen molar-refractivity contribution in [1.82, 2.24) is 9.78 Å². The van der Waals surface area contributed by atoms with Crippen LogP contribution in [0.4, 0.5) is 11.5 Å². The van der Waals surface area contributed by atoms with Gasteiger partial charge in [0.25, 0.3) is 0 Å². The van der Waals surface area contributed by atoms with Crippen molar-refractivity contribution in [1.29, 1.82) is 0 Å². The number of Topliss-reactive ketones (excluding diaryl/α,β-unsaturated/α-hetero) is 1. The molecule has 2 aromatic carbocycles. The molecule has 0 radical (unpaired) electrons. The van der Waals surface area contributed by atoms with E-state index in [1.54, 1.807) is 30.5 Å². The van der Waals surface area contributed by atoms with Gasteiger partial charge in [0.05, 0.1) is 12.6 Å². The van der Waals surface area contributed by atoms with E-state index in [0.717, 1.165) is 11.1 Å². The van der Waals surface area contributed by atoms with Crippen LogP contribution < -0.4 is 10.6 Å². The topological polar surface area (TPSA) is 93.1 Å². The Bertz CT molecular complexity index is 1070. The second kappa shape index (κ2) is 7.11. The summed E-state index contributed by atoms with van der Waals surface area (Å²) in [7, 11) is 0. The number of carbonyl (C=O) groups is 3. The number of ketones is 1. The molecule has 140 valence electrons. The molecule has 1 aliphatic heterocycles. The standard InChI is InChI=1S/C21H18N4O3/c1-13(26)15-8-5-9-16(10-15)23-21(28)18-11-19(27)24-20-17(12-22-25(18)20)14-6-3-2-4-7-14/h2-10,12,18H,11H2,1H3,(H,23,28)(H,24,27)/t18-/m1/s1. The van der Waals surface area contributed by atoms with Gasteiger partial charge in [-0.3, -0.25) is 14.4 Å². The first kappa shape index (κ1) is 17.7. The Hall–Kier alpha value is -3.74. The number of hydrogen-bond acceptors (Lipinski definition) is 4. The molecule has 4 rings (SSSR count). The number of benzene rings is 2. The van der Waals surface area contributed by atoms with Gasteiger partial charge in [0.2, 0.25) is 11.8 Å². The molecule has 0 fully saturated rings. The summed E-state index contributed by atoms with van der Waals surface area (Å²) in [5.74, 6) is -0.197. The number of anilines is 2. The quantitative estimate of drug-likeness (QED) is 0.686. The number of nitrogens with one attached hydrogen (secondary N) is 2. The van der Waals surface area contributed by atoms with E-state index >= 15 is 0 Å². The largest absolute Gasteiger partial charge is 0.324 e. The van der Waals surface area contributed by atoms with Crippen molar-refractivity contribution >= 4 is 29.1 Å². The lowest BCUT2D eigenvalue weighted by Gasteiger charge is -2.24. The normalized spacial score (nSPS) is 15.5. The zero-order valence-corrected chi connectivity index (χ0v) is 15.2. The summed E-state index contributed by atoms with van der Waals surface area (Å²) < 4.78 is 1.54. The molecule has 28 heavy (non-hydrogen) atoms. The fourth-order valence-electron chi connectivity index (χ4n) is 3.24. The Morgan fingerprint density at radius 2 is 1.93 bits per heavy atom. The van der Waals surface area contributed by atoms with Gasteiger partial charge in [-0.15, -0.1) is 0 Å². The molecule has 1 aliphatic rings. The van der Waals surface area contributed by atoms with E-state index < -0.39 is 6.04 Å². The maximum atomic E-state index is 12.9. The zero-order valence-electron chi connectivity index (χ0n) is 15.2. The summed E-state index contributed by atoms with van der Waals surface area (Å²) in [6, 6.07) is 15.5. The first-order chi connectivity index (χ1) is 13.5. The van der Waals surface area contributed by atoms with Gasteiger partial charge in [-0.1, -0.05) is 42.5 Å². The van der Waals surface area contributed by atoms with Crippen LogP contribution in [0.2, 0.25) is 0 Å². The van der Waals surface area contributed by atoms with Gasteiger partial charge in [-0.2, -0.15) is 5.10 Å². The Morgan fingerprint density at radius 1 is 1.14 bits per heavy atom. The minimum Gasteiger partial charge on any atom is -0.324 e. The van der Waals surface area contributed by atoms with E-state index in [1.165, 1.54) is 11.6 Å². The third-order valence-corrected chi connectivity index (χ3v) is 4.65. The van der Waals surface area contributed by atoms with E-state index in [9.17, 15) is 14.4 Å². The molecule has 0 bridgehead atoms. The number of carbonyl (C=O) groups excluding carboxylic acids is 3. The lowest BCUT2D eigenvalue weighted by Crippen LogP contribution is -2.35. The minimum absolute atomic E-state index is 0.0128. The number of nitrogens with zero attached hydrogens (tertiary/aromatic N) is 2. The second-order valence-corrected chi connectivity index (χ2v) is 6.61. The van der Waals surface area contributed by atoms with Crippen LogP contribution in [0.15, 0.2) is 60.8 Å². The molecule has 0 saturated heterocycles. The van der Waals surface area contributed by atoms with Gasteiger partial charge in [0.15, 0.2) is 5.78 Å². The lowest BCUT2D eigenvalue weighted by molar-refractivity contribution is -0.125. The van der Waals surface area contributed by atoms with E-state index in [0.29, 0.717) is 17.1 Å². The molecule has 7 nitrogen and oxygen atoms in total. The van der Waals surface area contributed by atoms with Crippen LogP contribution in [-0.2, 0) is 9.59 Å². The van der Waals surface area contributed by atoms with Crippen molar-refractivity contribution in [3.05, 3.63) is 66.4 Å². The van der Waals surface area contributed by atoms with Crippen LogP contribution in [0, 0.1) is 0 Å². The number of amides is 2. The predicted molar refractivity (Wildman–Crippen MR) is 105 cm³/mol. The molecule has 0 unspecified atom stereocenters. The molecule has 0 spiro atoms. The SMILES string of the molecule is CC(=O)c1cccc(NC(=O)[C@H]2CC(=O)Nc3c(-c4ccccc4)cnn32)c1. The van der Waals surface area contributed by atoms with Crippen molar-refractivity contribution in [2.24, 2.45) is 0 Å².